The predicted molar refractivity (Wildman–Crippen MR) is 120 cm³/mol. The van der Waals surface area contributed by atoms with Crippen molar-refractivity contribution in [2.45, 2.75) is 24.7 Å². The van der Waals surface area contributed by atoms with Crippen LogP contribution in [-0.4, -0.2) is 47.7 Å². The van der Waals surface area contributed by atoms with Crippen LogP contribution in [0, 0.1) is 0 Å². The summed E-state index contributed by atoms with van der Waals surface area (Å²) in [6, 6.07) is 16.7. The van der Waals surface area contributed by atoms with Crippen LogP contribution in [0.15, 0.2) is 53.4 Å². The van der Waals surface area contributed by atoms with Crippen LogP contribution in [-0.2, 0) is 11.2 Å². The number of benzene rings is 2. The number of rotatable bonds is 6. The SMILES string of the molecule is CCc1cccc2sc(N3CCN(C(=O)CCSc4ccccc4)CC3)nc12. The lowest BCUT2D eigenvalue weighted by Gasteiger charge is -2.34. The molecule has 2 heterocycles. The summed E-state index contributed by atoms with van der Waals surface area (Å²) in [4.78, 5) is 23.0. The minimum atomic E-state index is 0.264. The van der Waals surface area contributed by atoms with E-state index in [0.29, 0.717) is 6.42 Å². The quantitative estimate of drug-likeness (QED) is 0.552. The Balaban J connectivity index is 1.30. The number of para-hydroxylation sites is 1. The molecular formula is C22H25N3OS2. The Bertz CT molecular complexity index is 933. The second-order valence-electron chi connectivity index (χ2n) is 6.89. The lowest BCUT2D eigenvalue weighted by molar-refractivity contribution is -0.131. The van der Waals surface area contributed by atoms with Crippen LogP contribution in [0.2, 0.25) is 0 Å². The van der Waals surface area contributed by atoms with Crippen molar-refractivity contribution in [1.29, 1.82) is 0 Å². The van der Waals surface area contributed by atoms with E-state index in [2.05, 4.69) is 42.2 Å². The molecule has 0 atom stereocenters. The number of aromatic nitrogens is 1. The van der Waals surface area contributed by atoms with Crippen LogP contribution in [0.4, 0.5) is 5.13 Å². The van der Waals surface area contributed by atoms with Crippen molar-refractivity contribution in [3.63, 3.8) is 0 Å². The van der Waals surface area contributed by atoms with Crippen molar-refractivity contribution in [3.05, 3.63) is 54.1 Å². The highest BCUT2D eigenvalue weighted by Gasteiger charge is 2.23. The molecular weight excluding hydrogens is 386 g/mol. The summed E-state index contributed by atoms with van der Waals surface area (Å²) >= 11 is 3.51. The van der Waals surface area contributed by atoms with Crippen molar-refractivity contribution in [3.8, 4) is 0 Å². The van der Waals surface area contributed by atoms with Gasteiger partial charge in [0.1, 0.15) is 0 Å². The molecule has 0 unspecified atom stereocenters. The van der Waals surface area contributed by atoms with Gasteiger partial charge < -0.3 is 9.80 Å². The van der Waals surface area contributed by atoms with Crippen molar-refractivity contribution in [2.24, 2.45) is 0 Å². The Kier molecular flexibility index (Phi) is 6.17. The molecule has 1 fully saturated rings. The highest BCUT2D eigenvalue weighted by Crippen LogP contribution is 2.31. The molecule has 0 aliphatic carbocycles. The van der Waals surface area contributed by atoms with Gasteiger partial charge in [-0.3, -0.25) is 4.79 Å². The first-order valence-electron chi connectivity index (χ1n) is 9.83. The minimum absolute atomic E-state index is 0.264. The maximum Gasteiger partial charge on any atom is 0.223 e. The summed E-state index contributed by atoms with van der Waals surface area (Å²) in [5.41, 5.74) is 2.45. The van der Waals surface area contributed by atoms with Gasteiger partial charge in [0.05, 0.1) is 10.2 Å². The zero-order valence-corrected chi connectivity index (χ0v) is 17.8. The van der Waals surface area contributed by atoms with E-state index in [9.17, 15) is 4.79 Å². The molecule has 0 bridgehead atoms. The molecule has 0 saturated carbocycles. The van der Waals surface area contributed by atoms with E-state index in [4.69, 9.17) is 4.98 Å². The summed E-state index contributed by atoms with van der Waals surface area (Å²) in [6.45, 7) is 5.46. The molecule has 0 spiro atoms. The molecule has 1 aliphatic rings. The van der Waals surface area contributed by atoms with E-state index >= 15 is 0 Å². The average Bonchev–Trinajstić information content (AvgIpc) is 3.19. The van der Waals surface area contributed by atoms with Gasteiger partial charge in [0, 0.05) is 43.2 Å². The van der Waals surface area contributed by atoms with Crippen molar-refractivity contribution < 1.29 is 4.79 Å². The monoisotopic (exact) mass is 411 g/mol. The fourth-order valence-electron chi connectivity index (χ4n) is 3.49. The highest BCUT2D eigenvalue weighted by molar-refractivity contribution is 7.99. The predicted octanol–water partition coefficient (Wildman–Crippen LogP) is 4.69. The number of piperazine rings is 1. The molecule has 0 radical (unpaired) electrons. The van der Waals surface area contributed by atoms with Gasteiger partial charge in [-0.2, -0.15) is 0 Å². The van der Waals surface area contributed by atoms with E-state index in [1.54, 1.807) is 23.1 Å². The number of aryl methyl sites for hydroxylation is 1. The zero-order chi connectivity index (χ0) is 19.3. The molecule has 0 N–H and O–H groups in total. The van der Waals surface area contributed by atoms with Gasteiger partial charge >= 0.3 is 0 Å². The molecule has 4 nitrogen and oxygen atoms in total. The maximum atomic E-state index is 12.5. The number of anilines is 1. The molecule has 146 valence electrons. The summed E-state index contributed by atoms with van der Waals surface area (Å²) in [6.07, 6.45) is 1.60. The largest absolute Gasteiger partial charge is 0.345 e. The number of thioether (sulfide) groups is 1. The molecule has 2 aromatic carbocycles. The Morgan fingerprint density at radius 2 is 1.86 bits per heavy atom. The summed E-state index contributed by atoms with van der Waals surface area (Å²) < 4.78 is 1.26. The maximum absolute atomic E-state index is 12.5. The van der Waals surface area contributed by atoms with E-state index in [-0.39, 0.29) is 5.91 Å². The number of hydrogen-bond acceptors (Lipinski definition) is 5. The molecule has 3 aromatic rings. The number of amides is 1. The number of hydrogen-bond donors (Lipinski definition) is 0. The summed E-state index contributed by atoms with van der Waals surface area (Å²) in [5, 5.41) is 1.09. The van der Waals surface area contributed by atoms with Crippen molar-refractivity contribution >= 4 is 44.4 Å². The highest BCUT2D eigenvalue weighted by atomic mass is 32.2. The average molecular weight is 412 g/mol. The Hall–Kier alpha value is -2.05. The van der Waals surface area contributed by atoms with Gasteiger partial charge in [-0.05, 0) is 30.2 Å². The van der Waals surface area contributed by atoms with E-state index in [0.717, 1.165) is 49.0 Å². The van der Waals surface area contributed by atoms with Gasteiger partial charge in [-0.1, -0.05) is 48.6 Å². The third-order valence-electron chi connectivity index (χ3n) is 5.10. The smallest absolute Gasteiger partial charge is 0.223 e. The van der Waals surface area contributed by atoms with Gasteiger partial charge in [-0.25, -0.2) is 4.98 Å². The summed E-state index contributed by atoms with van der Waals surface area (Å²) in [5.74, 6) is 1.10. The van der Waals surface area contributed by atoms with Crippen LogP contribution in [0.1, 0.15) is 18.9 Å². The second kappa shape index (κ2) is 8.97. The lowest BCUT2D eigenvalue weighted by Crippen LogP contribution is -2.48. The van der Waals surface area contributed by atoms with Gasteiger partial charge in [0.15, 0.2) is 5.13 Å². The molecule has 28 heavy (non-hydrogen) atoms. The fourth-order valence-corrected chi connectivity index (χ4v) is 5.42. The first-order valence-corrected chi connectivity index (χ1v) is 11.6. The number of thiazole rings is 1. The Morgan fingerprint density at radius 1 is 1.07 bits per heavy atom. The number of fused-ring (bicyclic) bond motifs is 1. The van der Waals surface area contributed by atoms with E-state index < -0.39 is 0 Å². The molecule has 1 aliphatic heterocycles. The Labute approximate surface area is 174 Å². The number of nitrogens with zero attached hydrogens (tertiary/aromatic N) is 3. The Morgan fingerprint density at radius 3 is 2.61 bits per heavy atom. The van der Waals surface area contributed by atoms with E-state index in [1.807, 2.05) is 23.1 Å². The zero-order valence-electron chi connectivity index (χ0n) is 16.1. The molecule has 6 heteroatoms. The third kappa shape index (κ3) is 4.33. The fraction of sp³-hybridized carbons (Fsp3) is 0.364. The molecule has 1 saturated heterocycles. The van der Waals surface area contributed by atoms with Crippen LogP contribution >= 0.6 is 23.1 Å². The van der Waals surface area contributed by atoms with E-state index in [1.165, 1.54) is 15.2 Å². The molecule has 1 aromatic heterocycles. The third-order valence-corrected chi connectivity index (χ3v) is 7.20. The minimum Gasteiger partial charge on any atom is -0.345 e. The van der Waals surface area contributed by atoms with Gasteiger partial charge in [-0.15, -0.1) is 11.8 Å². The lowest BCUT2D eigenvalue weighted by atomic mass is 10.1. The molecule has 1 amide bonds. The topological polar surface area (TPSA) is 36.4 Å². The number of carbonyl (C=O) groups is 1. The van der Waals surface area contributed by atoms with Gasteiger partial charge in [0.25, 0.3) is 0 Å². The second-order valence-corrected chi connectivity index (χ2v) is 9.07. The summed E-state index contributed by atoms with van der Waals surface area (Å²) in [7, 11) is 0. The first-order chi connectivity index (χ1) is 13.7. The standard InChI is InChI=1S/C22H25N3OS2/c1-2-17-7-6-10-19-21(17)23-22(28-19)25-14-12-24(13-15-25)20(26)11-16-27-18-8-4-3-5-9-18/h3-10H,2,11-16H2,1H3. The van der Waals surface area contributed by atoms with Gasteiger partial charge in [0.2, 0.25) is 5.91 Å². The van der Waals surface area contributed by atoms with Crippen molar-refractivity contribution in [2.75, 3.05) is 36.8 Å². The van der Waals surface area contributed by atoms with Crippen molar-refractivity contribution in [1.82, 2.24) is 9.88 Å². The van der Waals surface area contributed by atoms with Crippen LogP contribution in [0.5, 0.6) is 0 Å². The first kappa shape index (κ1) is 19.3. The van der Waals surface area contributed by atoms with Crippen LogP contribution in [0.25, 0.3) is 10.2 Å². The van der Waals surface area contributed by atoms with Crippen LogP contribution < -0.4 is 4.90 Å². The number of carbonyl (C=O) groups excluding carboxylic acids is 1. The molecule has 4 rings (SSSR count). The van der Waals surface area contributed by atoms with Crippen LogP contribution in [0.3, 0.4) is 0 Å². The normalized spacial score (nSPS) is 14.6.